The van der Waals surface area contributed by atoms with E-state index in [0.29, 0.717) is 22.5 Å². The van der Waals surface area contributed by atoms with Crippen molar-refractivity contribution in [3.05, 3.63) is 35.9 Å². The Morgan fingerprint density at radius 2 is 1.75 bits per heavy atom. The number of benzene rings is 1. The summed E-state index contributed by atoms with van der Waals surface area (Å²) in [5.41, 5.74) is 1.07. The summed E-state index contributed by atoms with van der Waals surface area (Å²) in [6.07, 6.45) is 5.63. The molecule has 2 atom stereocenters. The number of likely N-dealkylation sites (N-methyl/N-ethyl adjacent to an activating group) is 1. The van der Waals surface area contributed by atoms with E-state index in [1.807, 2.05) is 30.3 Å². The third-order valence-corrected chi connectivity index (χ3v) is 10.5. The maximum atomic E-state index is 12.7. The Kier molecular flexibility index (Phi) is 6.26. The van der Waals surface area contributed by atoms with Crippen LogP contribution < -0.4 is 0 Å². The highest BCUT2D eigenvalue weighted by atomic mass is 32.2. The average molecular weight is 420 g/mol. The first-order chi connectivity index (χ1) is 13.6. The molecule has 0 N–H and O–H groups in total. The standard InChI is InChI=1S/C22H29NO3S2/c1-23(14-16-6-3-2-4-7-16)20(24)15-26-21(25)17-12-18-8-5-9-19(13-17)22(18)27-10-11-28-22/h2-4,6-7,17-19H,5,8-15H2,1H3/t18-,19-/m1/s1. The lowest BCUT2D eigenvalue weighted by molar-refractivity contribution is -0.157. The van der Waals surface area contributed by atoms with Gasteiger partial charge >= 0.3 is 5.97 Å². The number of nitrogens with zero attached hydrogens (tertiary/aromatic N) is 1. The quantitative estimate of drug-likeness (QED) is 0.670. The first-order valence-electron chi connectivity index (χ1n) is 10.3. The molecule has 3 fully saturated rings. The van der Waals surface area contributed by atoms with Crippen molar-refractivity contribution in [3.63, 3.8) is 0 Å². The normalized spacial score (nSPS) is 28.1. The van der Waals surface area contributed by atoms with Crippen LogP contribution in [0.2, 0.25) is 0 Å². The van der Waals surface area contributed by atoms with Gasteiger partial charge in [0.25, 0.3) is 5.91 Å². The average Bonchev–Trinajstić information content (AvgIpc) is 3.16. The number of ether oxygens (including phenoxy) is 1. The molecule has 1 aromatic carbocycles. The van der Waals surface area contributed by atoms with E-state index < -0.39 is 0 Å². The van der Waals surface area contributed by atoms with Crippen molar-refractivity contribution in [2.45, 2.75) is 42.7 Å². The third kappa shape index (κ3) is 4.09. The van der Waals surface area contributed by atoms with Gasteiger partial charge in [-0.1, -0.05) is 36.8 Å². The Morgan fingerprint density at radius 3 is 2.39 bits per heavy atom. The molecule has 4 rings (SSSR count). The van der Waals surface area contributed by atoms with Crippen LogP contribution in [0.25, 0.3) is 0 Å². The van der Waals surface area contributed by atoms with E-state index in [0.717, 1.165) is 18.4 Å². The van der Waals surface area contributed by atoms with Gasteiger partial charge in [0.15, 0.2) is 6.61 Å². The molecule has 1 spiro atoms. The SMILES string of the molecule is CN(Cc1ccccc1)C(=O)COC(=O)C1C[C@H]2CCC[C@H](C1)C21SCCS1. The van der Waals surface area contributed by atoms with Crippen molar-refractivity contribution in [1.82, 2.24) is 4.90 Å². The number of esters is 1. The second kappa shape index (κ2) is 8.70. The maximum Gasteiger partial charge on any atom is 0.309 e. The molecule has 0 aromatic heterocycles. The summed E-state index contributed by atoms with van der Waals surface area (Å²) < 4.78 is 5.84. The van der Waals surface area contributed by atoms with Gasteiger partial charge in [-0.25, -0.2) is 0 Å². The molecule has 1 saturated heterocycles. The Morgan fingerprint density at radius 1 is 1.11 bits per heavy atom. The summed E-state index contributed by atoms with van der Waals surface area (Å²) in [6.45, 7) is 0.379. The van der Waals surface area contributed by atoms with E-state index in [9.17, 15) is 9.59 Å². The van der Waals surface area contributed by atoms with Crippen molar-refractivity contribution in [3.8, 4) is 0 Å². The van der Waals surface area contributed by atoms with Gasteiger partial charge in [0, 0.05) is 25.1 Å². The number of hydrogen-bond acceptors (Lipinski definition) is 5. The van der Waals surface area contributed by atoms with Crippen LogP contribution in [-0.2, 0) is 20.9 Å². The molecule has 2 aliphatic carbocycles. The van der Waals surface area contributed by atoms with Gasteiger partial charge in [0.05, 0.1) is 10.00 Å². The van der Waals surface area contributed by atoms with Crippen molar-refractivity contribution in [2.24, 2.45) is 17.8 Å². The van der Waals surface area contributed by atoms with Crippen LogP contribution in [-0.4, -0.2) is 46.0 Å². The van der Waals surface area contributed by atoms with Gasteiger partial charge in [-0.05, 0) is 43.1 Å². The summed E-state index contributed by atoms with van der Waals surface area (Å²) in [7, 11) is 1.76. The van der Waals surface area contributed by atoms with Crippen LogP contribution in [0.4, 0.5) is 0 Å². The topological polar surface area (TPSA) is 46.6 Å². The van der Waals surface area contributed by atoms with Gasteiger partial charge in [0.2, 0.25) is 0 Å². The van der Waals surface area contributed by atoms with E-state index in [1.54, 1.807) is 11.9 Å². The number of amides is 1. The van der Waals surface area contributed by atoms with Crippen LogP contribution in [0, 0.1) is 17.8 Å². The highest BCUT2D eigenvalue weighted by Crippen LogP contribution is 2.64. The second-order valence-electron chi connectivity index (χ2n) is 8.25. The Balaban J connectivity index is 1.29. The molecule has 0 radical (unpaired) electrons. The molecule has 1 heterocycles. The Bertz CT molecular complexity index is 689. The highest BCUT2D eigenvalue weighted by Gasteiger charge is 2.55. The zero-order valence-corrected chi connectivity index (χ0v) is 18.1. The zero-order valence-electron chi connectivity index (χ0n) is 16.5. The lowest BCUT2D eigenvalue weighted by Crippen LogP contribution is -2.48. The molecule has 6 heteroatoms. The first kappa shape index (κ1) is 20.1. The van der Waals surface area contributed by atoms with Gasteiger partial charge in [0.1, 0.15) is 0 Å². The number of carbonyl (C=O) groups excluding carboxylic acids is 2. The van der Waals surface area contributed by atoms with Gasteiger partial charge in [-0.15, -0.1) is 23.5 Å². The molecule has 152 valence electrons. The first-order valence-corrected chi connectivity index (χ1v) is 12.3. The van der Waals surface area contributed by atoms with Crippen molar-refractivity contribution in [1.29, 1.82) is 0 Å². The summed E-state index contributed by atoms with van der Waals surface area (Å²) in [4.78, 5) is 26.7. The van der Waals surface area contributed by atoms with E-state index in [4.69, 9.17) is 4.74 Å². The minimum absolute atomic E-state index is 0.0324. The van der Waals surface area contributed by atoms with Crippen LogP contribution >= 0.6 is 23.5 Å². The molecule has 3 aliphatic rings. The van der Waals surface area contributed by atoms with Crippen LogP contribution in [0.3, 0.4) is 0 Å². The molecule has 1 amide bonds. The molecule has 2 saturated carbocycles. The smallest absolute Gasteiger partial charge is 0.309 e. The predicted octanol–water partition coefficient (Wildman–Crippen LogP) is 4.19. The molecule has 1 aromatic rings. The van der Waals surface area contributed by atoms with Gasteiger partial charge in [-0.3, -0.25) is 9.59 Å². The Labute approximate surface area is 176 Å². The maximum absolute atomic E-state index is 12.7. The van der Waals surface area contributed by atoms with Crippen molar-refractivity contribution < 1.29 is 14.3 Å². The van der Waals surface area contributed by atoms with E-state index in [2.05, 4.69) is 23.5 Å². The number of thioether (sulfide) groups is 2. The fourth-order valence-electron chi connectivity index (χ4n) is 5.11. The summed E-state index contributed by atoms with van der Waals surface area (Å²) in [5.74, 6) is 3.38. The largest absolute Gasteiger partial charge is 0.455 e. The monoisotopic (exact) mass is 419 g/mol. The van der Waals surface area contributed by atoms with Gasteiger partial charge in [-0.2, -0.15) is 0 Å². The highest BCUT2D eigenvalue weighted by molar-refractivity contribution is 8.21. The van der Waals surface area contributed by atoms with Crippen LogP contribution in [0.15, 0.2) is 30.3 Å². The molecular weight excluding hydrogens is 390 g/mol. The minimum Gasteiger partial charge on any atom is -0.455 e. The van der Waals surface area contributed by atoms with E-state index >= 15 is 0 Å². The number of hydrogen-bond donors (Lipinski definition) is 0. The fraction of sp³-hybridized carbons (Fsp3) is 0.636. The van der Waals surface area contributed by atoms with Crippen molar-refractivity contribution in [2.75, 3.05) is 25.2 Å². The molecule has 2 bridgehead atoms. The fourth-order valence-corrected chi connectivity index (χ4v) is 9.05. The third-order valence-electron chi connectivity index (χ3n) is 6.48. The Hall–Kier alpha value is -1.14. The molecule has 0 unspecified atom stereocenters. The van der Waals surface area contributed by atoms with E-state index in [1.165, 1.54) is 30.8 Å². The molecular formula is C22H29NO3S2. The van der Waals surface area contributed by atoms with E-state index in [-0.39, 0.29) is 24.4 Å². The molecule has 28 heavy (non-hydrogen) atoms. The predicted molar refractivity (Wildman–Crippen MR) is 115 cm³/mol. The lowest BCUT2D eigenvalue weighted by atomic mass is 9.67. The number of carbonyl (C=O) groups is 2. The van der Waals surface area contributed by atoms with Crippen molar-refractivity contribution >= 4 is 35.4 Å². The van der Waals surface area contributed by atoms with Crippen LogP contribution in [0.5, 0.6) is 0 Å². The van der Waals surface area contributed by atoms with Gasteiger partial charge < -0.3 is 9.64 Å². The van der Waals surface area contributed by atoms with Crippen LogP contribution in [0.1, 0.15) is 37.7 Å². The summed E-state index contributed by atoms with van der Waals surface area (Å²) in [5, 5.41) is 0. The number of rotatable bonds is 5. The summed E-state index contributed by atoms with van der Waals surface area (Å²) >= 11 is 4.29. The lowest BCUT2D eigenvalue weighted by Gasteiger charge is -2.51. The molecule has 4 nitrogen and oxygen atoms in total. The minimum atomic E-state index is -0.166. The molecule has 1 aliphatic heterocycles. The zero-order chi connectivity index (χ0) is 19.6. The second-order valence-corrected chi connectivity index (χ2v) is 11.3. The summed E-state index contributed by atoms with van der Waals surface area (Å²) in [6, 6.07) is 9.86.